The van der Waals surface area contributed by atoms with Crippen molar-refractivity contribution in [3.05, 3.63) is 46.5 Å². The van der Waals surface area contributed by atoms with E-state index in [1.54, 1.807) is 31.3 Å². The van der Waals surface area contributed by atoms with Gasteiger partial charge in [0.25, 0.3) is 5.91 Å². The van der Waals surface area contributed by atoms with Crippen LogP contribution in [-0.4, -0.2) is 62.7 Å². The molecule has 0 aliphatic carbocycles. The van der Waals surface area contributed by atoms with E-state index in [0.717, 1.165) is 4.57 Å². The fourth-order valence-electron chi connectivity index (χ4n) is 3.71. The molecule has 0 N–H and O–H groups in total. The van der Waals surface area contributed by atoms with E-state index in [0.29, 0.717) is 10.6 Å². The normalized spacial score (nSPS) is 22.2. The Bertz CT molecular complexity index is 978. The van der Waals surface area contributed by atoms with Crippen molar-refractivity contribution in [2.45, 2.75) is 31.4 Å². The van der Waals surface area contributed by atoms with Crippen LogP contribution < -0.4 is 0 Å². The maximum atomic E-state index is 13.2. The van der Waals surface area contributed by atoms with E-state index in [4.69, 9.17) is 16.3 Å². The maximum absolute atomic E-state index is 13.2. The molecule has 2 unspecified atom stereocenters. The quantitative estimate of drug-likeness (QED) is 0.708. The molecular formula is C18H17ClF3N5O3. The first-order valence-electron chi connectivity index (χ1n) is 9.07. The Morgan fingerprint density at radius 3 is 2.57 bits per heavy atom. The van der Waals surface area contributed by atoms with Gasteiger partial charge >= 0.3 is 6.18 Å². The van der Waals surface area contributed by atoms with Crippen LogP contribution in [0.25, 0.3) is 0 Å². The predicted octanol–water partition coefficient (Wildman–Crippen LogP) is 1.89. The molecule has 1 aromatic heterocycles. The van der Waals surface area contributed by atoms with Crippen molar-refractivity contribution in [1.82, 2.24) is 24.6 Å². The third-order valence-corrected chi connectivity index (χ3v) is 5.51. The molecule has 30 heavy (non-hydrogen) atoms. The van der Waals surface area contributed by atoms with Crippen molar-refractivity contribution in [1.29, 1.82) is 0 Å². The van der Waals surface area contributed by atoms with Gasteiger partial charge in [0.2, 0.25) is 11.7 Å². The summed E-state index contributed by atoms with van der Waals surface area (Å²) in [5.74, 6) is -1.75. The van der Waals surface area contributed by atoms with Gasteiger partial charge in [-0.2, -0.15) is 13.2 Å². The lowest BCUT2D eigenvalue weighted by Crippen LogP contribution is -2.54. The van der Waals surface area contributed by atoms with Crippen LogP contribution in [0.4, 0.5) is 13.2 Å². The zero-order chi connectivity index (χ0) is 21.6. The Kier molecular flexibility index (Phi) is 5.18. The minimum Gasteiger partial charge on any atom is -0.356 e. The standard InChI is InChI=1S/C18H17ClF3N5O3/c1-25-13(28)9-30-15(14(25)10-2-4-11(19)5-3-10)16(29)26-6-7-27-12(8-26)23-24-17(27)18(20,21)22/h2-5,14-15H,6-9H2,1H3. The Balaban J connectivity index is 1.59. The number of alkyl halides is 3. The fourth-order valence-corrected chi connectivity index (χ4v) is 3.84. The molecule has 160 valence electrons. The third kappa shape index (κ3) is 3.63. The molecule has 1 saturated heterocycles. The van der Waals surface area contributed by atoms with Crippen LogP contribution in [0.15, 0.2) is 24.3 Å². The van der Waals surface area contributed by atoms with Gasteiger partial charge in [-0.15, -0.1) is 10.2 Å². The number of halogens is 4. The zero-order valence-electron chi connectivity index (χ0n) is 15.8. The number of morpholine rings is 1. The van der Waals surface area contributed by atoms with E-state index in [-0.39, 0.29) is 38.0 Å². The predicted molar refractivity (Wildman–Crippen MR) is 97.1 cm³/mol. The van der Waals surface area contributed by atoms with Crippen molar-refractivity contribution in [3.63, 3.8) is 0 Å². The highest BCUT2D eigenvalue weighted by Gasteiger charge is 2.44. The molecule has 3 heterocycles. The van der Waals surface area contributed by atoms with Gasteiger partial charge in [-0.25, -0.2) is 0 Å². The summed E-state index contributed by atoms with van der Waals surface area (Å²) < 4.78 is 45.6. The van der Waals surface area contributed by atoms with E-state index in [2.05, 4.69) is 10.2 Å². The summed E-state index contributed by atoms with van der Waals surface area (Å²) in [6.45, 7) is -0.445. The monoisotopic (exact) mass is 443 g/mol. The van der Waals surface area contributed by atoms with Crippen molar-refractivity contribution in [2.75, 3.05) is 20.2 Å². The molecule has 4 rings (SSSR count). The lowest BCUT2D eigenvalue weighted by Gasteiger charge is -2.40. The Morgan fingerprint density at radius 2 is 1.90 bits per heavy atom. The number of fused-ring (bicyclic) bond motifs is 1. The van der Waals surface area contributed by atoms with Crippen molar-refractivity contribution in [2.24, 2.45) is 0 Å². The summed E-state index contributed by atoms with van der Waals surface area (Å²) in [5, 5.41) is 7.32. The summed E-state index contributed by atoms with van der Waals surface area (Å²) >= 11 is 5.94. The number of ether oxygens (including phenoxy) is 1. The molecule has 2 atom stereocenters. The minimum atomic E-state index is -4.62. The third-order valence-electron chi connectivity index (χ3n) is 5.26. The first-order chi connectivity index (χ1) is 14.2. The van der Waals surface area contributed by atoms with Crippen molar-refractivity contribution >= 4 is 23.4 Å². The number of carbonyl (C=O) groups excluding carboxylic acids is 2. The first kappa shape index (κ1) is 20.6. The number of likely N-dealkylation sites (N-methyl/N-ethyl adjacent to an activating group) is 1. The maximum Gasteiger partial charge on any atom is 0.451 e. The number of benzene rings is 1. The van der Waals surface area contributed by atoms with E-state index in [1.807, 2.05) is 0 Å². The molecule has 1 aromatic carbocycles. The lowest BCUT2D eigenvalue weighted by atomic mass is 9.97. The fraction of sp³-hybridized carbons (Fsp3) is 0.444. The molecular weight excluding hydrogens is 427 g/mol. The van der Waals surface area contributed by atoms with Gasteiger partial charge in [0.15, 0.2) is 11.9 Å². The molecule has 2 aromatic rings. The summed E-state index contributed by atoms with van der Waals surface area (Å²) in [6, 6.07) is 6.00. The van der Waals surface area contributed by atoms with E-state index >= 15 is 0 Å². The van der Waals surface area contributed by atoms with Crippen molar-refractivity contribution < 1.29 is 27.5 Å². The van der Waals surface area contributed by atoms with Gasteiger partial charge < -0.3 is 19.1 Å². The second-order valence-electron chi connectivity index (χ2n) is 7.08. The van der Waals surface area contributed by atoms with Crippen LogP contribution in [0.5, 0.6) is 0 Å². The minimum absolute atomic E-state index is 0.0395. The highest BCUT2D eigenvalue weighted by molar-refractivity contribution is 6.30. The Labute approximate surface area is 174 Å². The molecule has 0 bridgehead atoms. The van der Waals surface area contributed by atoms with Gasteiger partial charge in [0, 0.05) is 25.2 Å². The second kappa shape index (κ2) is 7.55. The zero-order valence-corrected chi connectivity index (χ0v) is 16.5. The molecule has 1 fully saturated rings. The van der Waals surface area contributed by atoms with Crippen LogP contribution in [0.1, 0.15) is 23.3 Å². The van der Waals surface area contributed by atoms with E-state index < -0.39 is 30.1 Å². The highest BCUT2D eigenvalue weighted by Crippen LogP contribution is 2.33. The van der Waals surface area contributed by atoms with Gasteiger partial charge in [0.05, 0.1) is 12.6 Å². The largest absolute Gasteiger partial charge is 0.451 e. The van der Waals surface area contributed by atoms with Gasteiger partial charge in [-0.05, 0) is 17.7 Å². The lowest BCUT2D eigenvalue weighted by molar-refractivity contribution is -0.168. The Hall–Kier alpha value is -2.66. The van der Waals surface area contributed by atoms with E-state index in [9.17, 15) is 22.8 Å². The smallest absolute Gasteiger partial charge is 0.356 e. The van der Waals surface area contributed by atoms with E-state index in [1.165, 1.54) is 9.80 Å². The first-order valence-corrected chi connectivity index (χ1v) is 9.45. The number of rotatable bonds is 2. The molecule has 2 aliphatic heterocycles. The number of carbonyl (C=O) groups is 2. The number of nitrogens with zero attached hydrogens (tertiary/aromatic N) is 5. The number of hydrogen-bond acceptors (Lipinski definition) is 5. The van der Waals surface area contributed by atoms with Crippen LogP contribution in [0.2, 0.25) is 5.02 Å². The van der Waals surface area contributed by atoms with Gasteiger partial charge in [-0.1, -0.05) is 23.7 Å². The number of aromatic nitrogens is 3. The average molecular weight is 444 g/mol. The Morgan fingerprint density at radius 1 is 1.20 bits per heavy atom. The molecule has 2 amide bonds. The van der Waals surface area contributed by atoms with Gasteiger partial charge in [0.1, 0.15) is 6.61 Å². The SMILES string of the molecule is CN1C(=O)COC(C(=O)N2CCn3c(nnc3C(F)(F)F)C2)C1c1ccc(Cl)cc1. The molecule has 0 saturated carbocycles. The summed E-state index contributed by atoms with van der Waals surface area (Å²) in [5.41, 5.74) is 0.660. The highest BCUT2D eigenvalue weighted by atomic mass is 35.5. The van der Waals surface area contributed by atoms with Crippen molar-refractivity contribution in [3.8, 4) is 0 Å². The van der Waals surface area contributed by atoms with Crippen LogP contribution in [0.3, 0.4) is 0 Å². The molecule has 12 heteroatoms. The molecule has 8 nitrogen and oxygen atoms in total. The average Bonchev–Trinajstić information content (AvgIpc) is 3.14. The van der Waals surface area contributed by atoms with Crippen LogP contribution in [0, 0.1) is 0 Å². The van der Waals surface area contributed by atoms with Crippen LogP contribution in [-0.2, 0) is 33.6 Å². The number of amides is 2. The molecule has 2 aliphatic rings. The van der Waals surface area contributed by atoms with Gasteiger partial charge in [-0.3, -0.25) is 9.59 Å². The van der Waals surface area contributed by atoms with Crippen LogP contribution >= 0.6 is 11.6 Å². The second-order valence-corrected chi connectivity index (χ2v) is 7.52. The topological polar surface area (TPSA) is 80.6 Å². The molecule has 0 radical (unpaired) electrons. The summed E-state index contributed by atoms with van der Waals surface area (Å²) in [6.07, 6.45) is -5.63. The molecule has 0 spiro atoms. The summed E-state index contributed by atoms with van der Waals surface area (Å²) in [4.78, 5) is 28.2. The number of hydrogen-bond donors (Lipinski definition) is 0. The summed E-state index contributed by atoms with van der Waals surface area (Å²) in [7, 11) is 1.58.